The molecule has 0 unspecified atom stereocenters. The van der Waals surface area contributed by atoms with Crippen molar-refractivity contribution in [2.75, 3.05) is 11.1 Å². The van der Waals surface area contributed by atoms with Crippen molar-refractivity contribution in [3.63, 3.8) is 0 Å². The van der Waals surface area contributed by atoms with Gasteiger partial charge in [-0.15, -0.1) is 11.3 Å². The maximum atomic E-state index is 12.2. The first kappa shape index (κ1) is 15.4. The maximum Gasteiger partial charge on any atom is 0.332 e. The molecular weight excluding hydrogens is 288 g/mol. The Bertz CT molecular complexity index is 729. The van der Waals surface area contributed by atoms with Gasteiger partial charge in [-0.05, 0) is 17.4 Å². The monoisotopic (exact) mass is 308 g/mol. The van der Waals surface area contributed by atoms with Gasteiger partial charge in [0, 0.05) is 25.0 Å². The summed E-state index contributed by atoms with van der Waals surface area (Å²) in [6.07, 6.45) is 0. The normalized spacial score (nSPS) is 11.0. The fraction of sp³-hybridized carbons (Fsp3) is 0.429. The topological polar surface area (TPSA) is 82.0 Å². The van der Waals surface area contributed by atoms with E-state index in [1.807, 2.05) is 31.4 Å². The minimum atomic E-state index is -0.394. The number of rotatable bonds is 5. The zero-order chi connectivity index (χ0) is 15.6. The summed E-state index contributed by atoms with van der Waals surface area (Å²) in [6.45, 7) is 4.98. The van der Waals surface area contributed by atoms with E-state index in [-0.39, 0.29) is 23.1 Å². The smallest absolute Gasteiger partial charge is 0.332 e. The SMILES string of the molecule is CC(C)Cn1c(N)c(NCc2cccs2)c(=O)n(C)c1=O. The number of nitrogens with two attached hydrogens (primary N) is 1. The summed E-state index contributed by atoms with van der Waals surface area (Å²) in [5, 5.41) is 5.03. The lowest BCUT2D eigenvalue weighted by molar-refractivity contribution is 0.494. The second-order valence-corrected chi connectivity index (χ2v) is 6.38. The number of nitrogens with one attached hydrogen (secondary N) is 1. The van der Waals surface area contributed by atoms with Crippen LogP contribution in [0.2, 0.25) is 0 Å². The van der Waals surface area contributed by atoms with Crippen LogP contribution in [0.25, 0.3) is 0 Å². The summed E-state index contributed by atoms with van der Waals surface area (Å²) < 4.78 is 2.54. The number of nitrogen functional groups attached to an aromatic ring is 1. The molecule has 0 fully saturated rings. The number of anilines is 2. The average Bonchev–Trinajstić information content (AvgIpc) is 2.94. The van der Waals surface area contributed by atoms with Crippen LogP contribution in [0.1, 0.15) is 18.7 Å². The van der Waals surface area contributed by atoms with E-state index >= 15 is 0 Å². The Kier molecular flexibility index (Phi) is 4.52. The Hall–Kier alpha value is -2.02. The molecule has 6 nitrogen and oxygen atoms in total. The third kappa shape index (κ3) is 3.18. The molecule has 21 heavy (non-hydrogen) atoms. The van der Waals surface area contributed by atoms with Gasteiger partial charge in [-0.1, -0.05) is 19.9 Å². The van der Waals surface area contributed by atoms with E-state index in [0.29, 0.717) is 13.1 Å². The molecule has 0 aliphatic heterocycles. The van der Waals surface area contributed by atoms with Crippen molar-refractivity contribution in [3.05, 3.63) is 43.2 Å². The standard InChI is InChI=1S/C14H20N4O2S/c1-9(2)8-18-12(15)11(13(19)17(3)14(18)20)16-7-10-5-4-6-21-10/h4-6,9,16H,7-8,15H2,1-3H3. The first-order valence-corrected chi connectivity index (χ1v) is 7.65. The molecule has 0 aromatic carbocycles. The Balaban J connectivity index is 2.42. The summed E-state index contributed by atoms with van der Waals surface area (Å²) in [5.41, 5.74) is 5.54. The minimum Gasteiger partial charge on any atom is -0.383 e. The third-order valence-corrected chi connectivity index (χ3v) is 4.03. The van der Waals surface area contributed by atoms with Crippen LogP contribution in [-0.4, -0.2) is 9.13 Å². The molecule has 0 radical (unpaired) electrons. The van der Waals surface area contributed by atoms with Gasteiger partial charge < -0.3 is 11.1 Å². The highest BCUT2D eigenvalue weighted by molar-refractivity contribution is 7.09. The van der Waals surface area contributed by atoms with Gasteiger partial charge >= 0.3 is 5.69 Å². The second-order valence-electron chi connectivity index (χ2n) is 5.34. The largest absolute Gasteiger partial charge is 0.383 e. The number of hydrogen-bond acceptors (Lipinski definition) is 5. The van der Waals surface area contributed by atoms with Gasteiger partial charge in [-0.25, -0.2) is 4.79 Å². The predicted molar refractivity (Wildman–Crippen MR) is 86.8 cm³/mol. The van der Waals surface area contributed by atoms with Crippen molar-refractivity contribution in [2.24, 2.45) is 13.0 Å². The van der Waals surface area contributed by atoms with E-state index in [0.717, 1.165) is 9.44 Å². The predicted octanol–water partition coefficient (Wildman–Crippen LogP) is 1.46. The summed E-state index contributed by atoms with van der Waals surface area (Å²) in [6, 6.07) is 3.92. The van der Waals surface area contributed by atoms with Crippen molar-refractivity contribution < 1.29 is 0 Å². The Morgan fingerprint density at radius 1 is 1.38 bits per heavy atom. The van der Waals surface area contributed by atoms with Gasteiger partial charge in [0.05, 0.1) is 0 Å². The summed E-state index contributed by atoms with van der Waals surface area (Å²) in [7, 11) is 1.47. The van der Waals surface area contributed by atoms with Crippen LogP contribution in [0.3, 0.4) is 0 Å². The van der Waals surface area contributed by atoms with Crippen LogP contribution in [0.15, 0.2) is 27.1 Å². The van der Waals surface area contributed by atoms with Crippen molar-refractivity contribution in [3.8, 4) is 0 Å². The van der Waals surface area contributed by atoms with E-state index in [2.05, 4.69) is 5.32 Å². The molecule has 0 saturated heterocycles. The second kappa shape index (κ2) is 6.17. The van der Waals surface area contributed by atoms with Crippen LogP contribution in [0.5, 0.6) is 0 Å². The molecule has 2 aromatic heterocycles. The Morgan fingerprint density at radius 2 is 2.10 bits per heavy atom. The van der Waals surface area contributed by atoms with E-state index < -0.39 is 5.56 Å². The first-order valence-electron chi connectivity index (χ1n) is 6.77. The van der Waals surface area contributed by atoms with Gasteiger partial charge in [0.1, 0.15) is 11.5 Å². The number of nitrogens with zero attached hydrogens (tertiary/aromatic N) is 2. The van der Waals surface area contributed by atoms with Crippen LogP contribution in [0, 0.1) is 5.92 Å². The molecule has 0 aliphatic carbocycles. The van der Waals surface area contributed by atoms with Gasteiger partial charge in [0.25, 0.3) is 5.56 Å². The molecule has 0 aliphatic rings. The lowest BCUT2D eigenvalue weighted by Gasteiger charge is -2.17. The summed E-state index contributed by atoms with van der Waals surface area (Å²) in [4.78, 5) is 25.5. The number of hydrogen-bond donors (Lipinski definition) is 2. The van der Waals surface area contributed by atoms with Crippen LogP contribution in [-0.2, 0) is 20.1 Å². The minimum absolute atomic E-state index is 0.202. The summed E-state index contributed by atoms with van der Waals surface area (Å²) >= 11 is 1.60. The molecule has 0 saturated carbocycles. The summed E-state index contributed by atoms with van der Waals surface area (Å²) in [5.74, 6) is 0.459. The van der Waals surface area contributed by atoms with Crippen molar-refractivity contribution in [1.82, 2.24) is 9.13 Å². The first-order chi connectivity index (χ1) is 9.91. The molecule has 0 bridgehead atoms. The van der Waals surface area contributed by atoms with E-state index in [9.17, 15) is 9.59 Å². The van der Waals surface area contributed by atoms with E-state index in [1.165, 1.54) is 11.6 Å². The number of thiophene rings is 1. The molecule has 2 heterocycles. The lowest BCUT2D eigenvalue weighted by atomic mass is 10.2. The van der Waals surface area contributed by atoms with Crippen LogP contribution in [0.4, 0.5) is 11.5 Å². The molecule has 0 atom stereocenters. The highest BCUT2D eigenvalue weighted by Gasteiger charge is 2.15. The Labute approximate surface area is 126 Å². The number of aromatic nitrogens is 2. The maximum absolute atomic E-state index is 12.2. The quantitative estimate of drug-likeness (QED) is 0.876. The van der Waals surface area contributed by atoms with Gasteiger partial charge in [-0.3, -0.25) is 13.9 Å². The molecule has 114 valence electrons. The zero-order valence-electron chi connectivity index (χ0n) is 12.4. The Morgan fingerprint density at radius 3 is 2.67 bits per heavy atom. The molecule has 0 amide bonds. The third-order valence-electron chi connectivity index (χ3n) is 3.15. The van der Waals surface area contributed by atoms with Crippen molar-refractivity contribution in [2.45, 2.75) is 26.9 Å². The molecule has 0 spiro atoms. The highest BCUT2D eigenvalue weighted by atomic mass is 32.1. The molecule has 3 N–H and O–H groups in total. The molecule has 2 aromatic rings. The van der Waals surface area contributed by atoms with Crippen LogP contribution < -0.4 is 22.3 Å². The fourth-order valence-electron chi connectivity index (χ4n) is 2.08. The lowest BCUT2D eigenvalue weighted by Crippen LogP contribution is -2.41. The average molecular weight is 308 g/mol. The van der Waals surface area contributed by atoms with Crippen molar-refractivity contribution in [1.29, 1.82) is 0 Å². The van der Waals surface area contributed by atoms with E-state index in [1.54, 1.807) is 11.3 Å². The van der Waals surface area contributed by atoms with Gasteiger partial charge in [0.15, 0.2) is 0 Å². The van der Waals surface area contributed by atoms with Crippen LogP contribution >= 0.6 is 11.3 Å². The van der Waals surface area contributed by atoms with Crippen molar-refractivity contribution >= 4 is 22.8 Å². The molecular formula is C14H20N4O2S. The van der Waals surface area contributed by atoms with E-state index in [4.69, 9.17) is 5.73 Å². The molecule has 7 heteroatoms. The van der Waals surface area contributed by atoms with Gasteiger partial charge in [0.2, 0.25) is 0 Å². The fourth-order valence-corrected chi connectivity index (χ4v) is 2.72. The highest BCUT2D eigenvalue weighted by Crippen LogP contribution is 2.15. The zero-order valence-corrected chi connectivity index (χ0v) is 13.2. The van der Waals surface area contributed by atoms with Gasteiger partial charge in [-0.2, -0.15) is 0 Å². The molecule has 2 rings (SSSR count).